The highest BCUT2D eigenvalue weighted by atomic mass is 16.1. The molecule has 1 aliphatic rings. The highest BCUT2D eigenvalue weighted by Gasteiger charge is 2.16. The summed E-state index contributed by atoms with van der Waals surface area (Å²) < 4.78 is 0. The van der Waals surface area contributed by atoms with Crippen LogP contribution in [0.3, 0.4) is 0 Å². The molecule has 0 radical (unpaired) electrons. The van der Waals surface area contributed by atoms with Gasteiger partial charge in [0.05, 0.1) is 0 Å². The van der Waals surface area contributed by atoms with Crippen LogP contribution >= 0.6 is 0 Å². The summed E-state index contributed by atoms with van der Waals surface area (Å²) in [6.07, 6.45) is 8.72. The molecule has 1 heterocycles. The molecule has 78 valence electrons. The maximum absolute atomic E-state index is 11.9. The number of aromatic nitrogens is 1. The lowest BCUT2D eigenvalue weighted by Crippen LogP contribution is -2.08. The summed E-state index contributed by atoms with van der Waals surface area (Å²) in [6.45, 7) is 1.98. The van der Waals surface area contributed by atoms with Gasteiger partial charge in [-0.15, -0.1) is 0 Å². The van der Waals surface area contributed by atoms with Gasteiger partial charge in [0, 0.05) is 12.6 Å². The van der Waals surface area contributed by atoms with Crippen LogP contribution in [0.25, 0.3) is 0 Å². The van der Waals surface area contributed by atoms with Gasteiger partial charge in [-0.05, 0) is 43.4 Å². The van der Waals surface area contributed by atoms with Gasteiger partial charge in [-0.1, -0.05) is 12.2 Å². The molecule has 2 rings (SSSR count). The first-order valence-corrected chi connectivity index (χ1v) is 5.36. The smallest absolute Gasteiger partial charge is 0.181 e. The second-order valence-corrected chi connectivity index (χ2v) is 4.15. The van der Waals surface area contributed by atoms with Crippen LogP contribution in [0.1, 0.15) is 35.3 Å². The zero-order valence-electron chi connectivity index (χ0n) is 8.94. The van der Waals surface area contributed by atoms with E-state index < -0.39 is 0 Å². The summed E-state index contributed by atoms with van der Waals surface area (Å²) in [6, 6.07) is 3.78. The van der Waals surface area contributed by atoms with E-state index in [1.807, 2.05) is 19.1 Å². The lowest BCUT2D eigenvalue weighted by molar-refractivity contribution is 0.0958. The SMILES string of the molecule is Cc1ccnc(C(=O)CC2CC=CC2)c1. The largest absolute Gasteiger partial charge is 0.292 e. The molecule has 1 aromatic heterocycles. The van der Waals surface area contributed by atoms with Gasteiger partial charge >= 0.3 is 0 Å². The predicted molar refractivity (Wildman–Crippen MR) is 59.8 cm³/mol. The Morgan fingerprint density at radius 2 is 2.20 bits per heavy atom. The lowest BCUT2D eigenvalue weighted by atomic mass is 9.98. The average molecular weight is 201 g/mol. The first-order valence-electron chi connectivity index (χ1n) is 5.36. The number of ketones is 1. The Kier molecular flexibility index (Phi) is 2.95. The third-order valence-corrected chi connectivity index (χ3v) is 2.78. The Labute approximate surface area is 90.0 Å². The van der Waals surface area contributed by atoms with Crippen molar-refractivity contribution in [3.8, 4) is 0 Å². The molecule has 2 nitrogen and oxygen atoms in total. The van der Waals surface area contributed by atoms with Crippen LogP contribution in [0.5, 0.6) is 0 Å². The zero-order valence-corrected chi connectivity index (χ0v) is 8.94. The fraction of sp³-hybridized carbons (Fsp3) is 0.385. The van der Waals surface area contributed by atoms with Gasteiger partial charge in [0.15, 0.2) is 5.78 Å². The van der Waals surface area contributed by atoms with Crippen molar-refractivity contribution in [3.63, 3.8) is 0 Å². The average Bonchev–Trinajstić information content (AvgIpc) is 2.70. The van der Waals surface area contributed by atoms with Gasteiger partial charge in [-0.3, -0.25) is 9.78 Å². The molecule has 0 amide bonds. The molecule has 0 saturated heterocycles. The molecule has 0 saturated carbocycles. The molecular weight excluding hydrogens is 186 g/mol. The lowest BCUT2D eigenvalue weighted by Gasteiger charge is -2.07. The Hall–Kier alpha value is -1.44. The summed E-state index contributed by atoms with van der Waals surface area (Å²) in [5.41, 5.74) is 1.71. The Morgan fingerprint density at radius 1 is 1.47 bits per heavy atom. The molecule has 0 spiro atoms. The number of pyridine rings is 1. The number of Topliss-reactive ketones (excluding diaryl/α,β-unsaturated/α-hetero) is 1. The monoisotopic (exact) mass is 201 g/mol. The number of carbonyl (C=O) groups excluding carboxylic acids is 1. The summed E-state index contributed by atoms with van der Waals surface area (Å²) in [5, 5.41) is 0. The number of hydrogen-bond donors (Lipinski definition) is 0. The number of allylic oxidation sites excluding steroid dienone is 2. The molecular formula is C13H15NO. The number of aryl methyl sites for hydroxylation is 1. The van der Waals surface area contributed by atoms with E-state index in [2.05, 4.69) is 17.1 Å². The van der Waals surface area contributed by atoms with Gasteiger partial charge < -0.3 is 0 Å². The number of carbonyl (C=O) groups is 1. The highest BCUT2D eigenvalue weighted by Crippen LogP contribution is 2.22. The summed E-state index contributed by atoms with van der Waals surface area (Å²) in [7, 11) is 0. The highest BCUT2D eigenvalue weighted by molar-refractivity contribution is 5.94. The van der Waals surface area contributed by atoms with Crippen molar-refractivity contribution in [1.82, 2.24) is 4.98 Å². The van der Waals surface area contributed by atoms with Gasteiger partial charge in [0.2, 0.25) is 0 Å². The van der Waals surface area contributed by atoms with E-state index in [4.69, 9.17) is 0 Å². The third-order valence-electron chi connectivity index (χ3n) is 2.78. The van der Waals surface area contributed by atoms with E-state index in [1.165, 1.54) is 0 Å². The van der Waals surface area contributed by atoms with Crippen LogP contribution in [0, 0.1) is 12.8 Å². The number of nitrogens with zero attached hydrogens (tertiary/aromatic N) is 1. The van der Waals surface area contributed by atoms with E-state index in [0.717, 1.165) is 18.4 Å². The normalized spacial score (nSPS) is 15.8. The maximum Gasteiger partial charge on any atom is 0.181 e. The first-order chi connectivity index (χ1) is 7.25. The summed E-state index contributed by atoms with van der Waals surface area (Å²) >= 11 is 0. The molecule has 0 N–H and O–H groups in total. The summed E-state index contributed by atoms with van der Waals surface area (Å²) in [4.78, 5) is 16.0. The predicted octanol–water partition coefficient (Wildman–Crippen LogP) is 2.93. The van der Waals surface area contributed by atoms with Crippen LogP contribution in [-0.2, 0) is 0 Å². The summed E-state index contributed by atoms with van der Waals surface area (Å²) in [5.74, 6) is 0.673. The molecule has 0 unspecified atom stereocenters. The zero-order chi connectivity index (χ0) is 10.7. The molecule has 0 fully saturated rings. The van der Waals surface area contributed by atoms with Crippen LogP contribution < -0.4 is 0 Å². The van der Waals surface area contributed by atoms with Gasteiger partial charge in [-0.2, -0.15) is 0 Å². The minimum atomic E-state index is 0.174. The van der Waals surface area contributed by atoms with E-state index >= 15 is 0 Å². The van der Waals surface area contributed by atoms with Crippen molar-refractivity contribution < 1.29 is 4.79 Å². The molecule has 15 heavy (non-hydrogen) atoms. The molecule has 1 aromatic rings. The van der Waals surface area contributed by atoms with Gasteiger partial charge in [-0.25, -0.2) is 0 Å². The van der Waals surface area contributed by atoms with Crippen molar-refractivity contribution in [2.45, 2.75) is 26.2 Å². The maximum atomic E-state index is 11.9. The molecule has 2 heteroatoms. The fourth-order valence-corrected chi connectivity index (χ4v) is 1.90. The molecule has 1 aliphatic carbocycles. The molecule has 0 aromatic carbocycles. The molecule has 0 atom stereocenters. The van der Waals surface area contributed by atoms with E-state index in [0.29, 0.717) is 18.0 Å². The van der Waals surface area contributed by atoms with E-state index in [-0.39, 0.29) is 5.78 Å². The van der Waals surface area contributed by atoms with E-state index in [9.17, 15) is 4.79 Å². The van der Waals surface area contributed by atoms with Gasteiger partial charge in [0.25, 0.3) is 0 Å². The number of rotatable bonds is 3. The quantitative estimate of drug-likeness (QED) is 0.556. The van der Waals surface area contributed by atoms with Crippen LogP contribution in [0.15, 0.2) is 30.5 Å². The van der Waals surface area contributed by atoms with E-state index in [1.54, 1.807) is 6.20 Å². The topological polar surface area (TPSA) is 30.0 Å². The van der Waals surface area contributed by atoms with Crippen LogP contribution in [0.4, 0.5) is 0 Å². The van der Waals surface area contributed by atoms with Crippen molar-refractivity contribution >= 4 is 5.78 Å². The minimum Gasteiger partial charge on any atom is -0.292 e. The Bertz CT molecular complexity index is 387. The number of hydrogen-bond acceptors (Lipinski definition) is 2. The third kappa shape index (κ3) is 2.52. The minimum absolute atomic E-state index is 0.174. The first kappa shape index (κ1) is 10.1. The van der Waals surface area contributed by atoms with Crippen LogP contribution in [-0.4, -0.2) is 10.8 Å². The molecule has 0 aliphatic heterocycles. The fourth-order valence-electron chi connectivity index (χ4n) is 1.90. The Morgan fingerprint density at radius 3 is 2.87 bits per heavy atom. The van der Waals surface area contributed by atoms with Crippen molar-refractivity contribution in [2.75, 3.05) is 0 Å². The van der Waals surface area contributed by atoms with Crippen molar-refractivity contribution in [2.24, 2.45) is 5.92 Å². The van der Waals surface area contributed by atoms with Crippen molar-refractivity contribution in [3.05, 3.63) is 41.7 Å². The van der Waals surface area contributed by atoms with Crippen LogP contribution in [0.2, 0.25) is 0 Å². The second kappa shape index (κ2) is 4.39. The second-order valence-electron chi connectivity index (χ2n) is 4.15. The van der Waals surface area contributed by atoms with Gasteiger partial charge in [0.1, 0.15) is 5.69 Å². The van der Waals surface area contributed by atoms with Crippen molar-refractivity contribution in [1.29, 1.82) is 0 Å². The molecule has 0 bridgehead atoms. The Balaban J connectivity index is 2.01. The standard InChI is InChI=1S/C13H15NO/c1-10-6-7-14-12(8-10)13(15)9-11-4-2-3-5-11/h2-3,6-8,11H,4-5,9H2,1H3.